The van der Waals surface area contributed by atoms with Gasteiger partial charge in [-0.05, 0) is 17.7 Å². The molecule has 22 heavy (non-hydrogen) atoms. The fourth-order valence-electron chi connectivity index (χ4n) is 2.64. The molecular weight excluding hydrogens is 298 g/mol. The predicted octanol–water partition coefficient (Wildman–Crippen LogP) is 3.57. The topological polar surface area (TPSA) is 21.7 Å². The Labute approximate surface area is 136 Å². The second kappa shape index (κ2) is 7.52. The molecule has 4 heteroatoms. The first-order valence-corrected chi connectivity index (χ1v) is 8.09. The van der Waals surface area contributed by atoms with Crippen molar-refractivity contribution in [2.45, 2.75) is 12.6 Å². The van der Waals surface area contributed by atoms with Crippen molar-refractivity contribution in [3.63, 3.8) is 0 Å². The number of nitrogens with zero attached hydrogens (tertiary/aromatic N) is 1. The Morgan fingerprint density at radius 2 is 1.73 bits per heavy atom. The smallest absolute Gasteiger partial charge is 0.161 e. The molecule has 2 aromatic carbocycles. The lowest BCUT2D eigenvalue weighted by atomic mass is 10.2. The number of para-hydroxylation sites is 2. The summed E-state index contributed by atoms with van der Waals surface area (Å²) in [6.07, 6.45) is 0.0295. The van der Waals surface area contributed by atoms with Crippen LogP contribution in [0.5, 0.6) is 11.5 Å². The van der Waals surface area contributed by atoms with Crippen molar-refractivity contribution in [3.05, 3.63) is 60.2 Å². The lowest BCUT2D eigenvalue weighted by molar-refractivity contribution is 0.0582. The summed E-state index contributed by atoms with van der Waals surface area (Å²) >= 11 is 5.95. The van der Waals surface area contributed by atoms with E-state index < -0.39 is 0 Å². The minimum absolute atomic E-state index is 0.0295. The number of hydrogen-bond donors (Lipinski definition) is 0. The van der Waals surface area contributed by atoms with E-state index in [1.54, 1.807) is 0 Å². The Morgan fingerprint density at radius 1 is 1.00 bits per heavy atom. The molecule has 1 atom stereocenters. The number of benzene rings is 2. The highest BCUT2D eigenvalue weighted by Gasteiger charge is 2.22. The summed E-state index contributed by atoms with van der Waals surface area (Å²) in [5.41, 5.74) is 1.28. The van der Waals surface area contributed by atoms with Gasteiger partial charge in [0.1, 0.15) is 12.7 Å². The molecule has 1 aliphatic rings. The highest BCUT2D eigenvalue weighted by atomic mass is 35.5. The Kier molecular flexibility index (Phi) is 5.20. The third-order valence-electron chi connectivity index (χ3n) is 3.68. The zero-order valence-electron chi connectivity index (χ0n) is 12.5. The van der Waals surface area contributed by atoms with Gasteiger partial charge in [-0.3, -0.25) is 4.90 Å². The van der Waals surface area contributed by atoms with E-state index in [4.69, 9.17) is 21.1 Å². The van der Waals surface area contributed by atoms with Crippen LogP contribution in [0, 0.1) is 0 Å². The first kappa shape index (κ1) is 15.2. The molecule has 0 unspecified atom stereocenters. The van der Waals surface area contributed by atoms with Crippen LogP contribution in [0.3, 0.4) is 0 Å². The molecule has 1 heterocycles. The molecule has 3 rings (SSSR count). The SMILES string of the molecule is ClCCN(Cc1ccccc1)C[C@@H]1COc2ccccc2O1. The predicted molar refractivity (Wildman–Crippen MR) is 88.8 cm³/mol. The standard InChI is InChI=1S/C18H20ClNO2/c19-10-11-20(12-15-6-2-1-3-7-15)13-16-14-21-17-8-4-5-9-18(17)22-16/h1-9,16H,10-14H2/t16-/m1/s1. The Bertz CT molecular complexity index is 591. The minimum Gasteiger partial charge on any atom is -0.486 e. The van der Waals surface area contributed by atoms with Crippen LogP contribution in [-0.4, -0.2) is 36.6 Å². The highest BCUT2D eigenvalue weighted by molar-refractivity contribution is 6.18. The Balaban J connectivity index is 1.62. The molecule has 1 aliphatic heterocycles. The molecule has 0 aromatic heterocycles. The van der Waals surface area contributed by atoms with E-state index in [1.807, 2.05) is 30.3 Å². The quantitative estimate of drug-likeness (QED) is 0.760. The third-order valence-corrected chi connectivity index (χ3v) is 3.85. The molecule has 0 N–H and O–H groups in total. The normalized spacial score (nSPS) is 16.7. The molecule has 0 bridgehead atoms. The van der Waals surface area contributed by atoms with Gasteiger partial charge in [0.15, 0.2) is 11.5 Å². The van der Waals surface area contributed by atoms with Crippen molar-refractivity contribution in [2.75, 3.05) is 25.6 Å². The molecule has 2 aromatic rings. The number of alkyl halides is 1. The molecule has 0 aliphatic carbocycles. The summed E-state index contributed by atoms with van der Waals surface area (Å²) in [7, 11) is 0. The van der Waals surface area contributed by atoms with E-state index >= 15 is 0 Å². The fourth-order valence-corrected chi connectivity index (χ4v) is 2.88. The van der Waals surface area contributed by atoms with Gasteiger partial charge in [-0.15, -0.1) is 11.6 Å². The molecule has 0 saturated carbocycles. The number of hydrogen-bond acceptors (Lipinski definition) is 3. The van der Waals surface area contributed by atoms with Crippen LogP contribution in [0.1, 0.15) is 5.56 Å². The van der Waals surface area contributed by atoms with Crippen molar-refractivity contribution in [3.8, 4) is 11.5 Å². The van der Waals surface area contributed by atoms with Crippen LogP contribution in [0.4, 0.5) is 0 Å². The van der Waals surface area contributed by atoms with E-state index in [0.717, 1.165) is 31.1 Å². The zero-order chi connectivity index (χ0) is 15.2. The summed E-state index contributed by atoms with van der Waals surface area (Å²) in [4.78, 5) is 2.31. The monoisotopic (exact) mass is 317 g/mol. The average Bonchev–Trinajstić information content (AvgIpc) is 2.56. The summed E-state index contributed by atoms with van der Waals surface area (Å²) in [6, 6.07) is 18.2. The average molecular weight is 318 g/mol. The van der Waals surface area contributed by atoms with Crippen molar-refractivity contribution in [1.82, 2.24) is 4.90 Å². The minimum atomic E-state index is 0.0295. The summed E-state index contributed by atoms with van der Waals surface area (Å²) in [5.74, 6) is 2.26. The summed E-state index contributed by atoms with van der Waals surface area (Å²) < 4.78 is 11.8. The maximum atomic E-state index is 6.04. The number of fused-ring (bicyclic) bond motifs is 1. The van der Waals surface area contributed by atoms with Gasteiger partial charge in [0, 0.05) is 25.5 Å². The van der Waals surface area contributed by atoms with E-state index in [-0.39, 0.29) is 6.10 Å². The molecule has 0 fully saturated rings. The van der Waals surface area contributed by atoms with Crippen molar-refractivity contribution < 1.29 is 9.47 Å². The van der Waals surface area contributed by atoms with Gasteiger partial charge in [-0.25, -0.2) is 0 Å². The number of ether oxygens (including phenoxy) is 2. The fraction of sp³-hybridized carbons (Fsp3) is 0.333. The summed E-state index contributed by atoms with van der Waals surface area (Å²) in [5, 5.41) is 0. The zero-order valence-corrected chi connectivity index (χ0v) is 13.2. The van der Waals surface area contributed by atoms with Gasteiger partial charge in [-0.2, -0.15) is 0 Å². The van der Waals surface area contributed by atoms with Gasteiger partial charge >= 0.3 is 0 Å². The number of halogens is 1. The lowest BCUT2D eigenvalue weighted by Gasteiger charge is -2.31. The van der Waals surface area contributed by atoms with Crippen LogP contribution in [0.2, 0.25) is 0 Å². The van der Waals surface area contributed by atoms with Gasteiger partial charge < -0.3 is 9.47 Å². The first-order valence-electron chi connectivity index (χ1n) is 7.56. The third kappa shape index (κ3) is 3.93. The Morgan fingerprint density at radius 3 is 2.50 bits per heavy atom. The molecule has 0 radical (unpaired) electrons. The maximum absolute atomic E-state index is 6.04. The molecule has 3 nitrogen and oxygen atoms in total. The summed E-state index contributed by atoms with van der Waals surface area (Å²) in [6.45, 7) is 3.08. The highest BCUT2D eigenvalue weighted by Crippen LogP contribution is 2.31. The van der Waals surface area contributed by atoms with Crippen molar-refractivity contribution in [2.24, 2.45) is 0 Å². The molecule has 0 saturated heterocycles. The van der Waals surface area contributed by atoms with Crippen molar-refractivity contribution >= 4 is 11.6 Å². The van der Waals surface area contributed by atoms with E-state index in [1.165, 1.54) is 5.56 Å². The maximum Gasteiger partial charge on any atom is 0.161 e. The van der Waals surface area contributed by atoms with Crippen LogP contribution in [0.25, 0.3) is 0 Å². The van der Waals surface area contributed by atoms with Gasteiger partial charge in [-0.1, -0.05) is 42.5 Å². The Hall–Kier alpha value is -1.71. The van der Waals surface area contributed by atoms with Gasteiger partial charge in [0.05, 0.1) is 0 Å². The van der Waals surface area contributed by atoms with Crippen LogP contribution in [-0.2, 0) is 6.54 Å². The van der Waals surface area contributed by atoms with Crippen LogP contribution in [0.15, 0.2) is 54.6 Å². The molecule has 116 valence electrons. The second-order valence-corrected chi connectivity index (χ2v) is 5.79. The van der Waals surface area contributed by atoms with E-state index in [0.29, 0.717) is 12.5 Å². The van der Waals surface area contributed by atoms with Gasteiger partial charge in [0.25, 0.3) is 0 Å². The van der Waals surface area contributed by atoms with Crippen molar-refractivity contribution in [1.29, 1.82) is 0 Å². The lowest BCUT2D eigenvalue weighted by Crippen LogP contribution is -2.41. The van der Waals surface area contributed by atoms with E-state index in [2.05, 4.69) is 29.2 Å². The largest absolute Gasteiger partial charge is 0.486 e. The molecular formula is C18H20ClNO2. The molecule has 0 spiro atoms. The number of rotatable bonds is 6. The van der Waals surface area contributed by atoms with Gasteiger partial charge in [0.2, 0.25) is 0 Å². The second-order valence-electron chi connectivity index (χ2n) is 5.41. The first-order chi connectivity index (χ1) is 10.8. The van der Waals surface area contributed by atoms with E-state index in [9.17, 15) is 0 Å². The van der Waals surface area contributed by atoms with Crippen LogP contribution < -0.4 is 9.47 Å². The van der Waals surface area contributed by atoms with Crippen LogP contribution >= 0.6 is 11.6 Å². The molecule has 0 amide bonds.